The van der Waals surface area contributed by atoms with Crippen LogP contribution in [0.2, 0.25) is 0 Å². The highest BCUT2D eigenvalue weighted by Crippen LogP contribution is 2.31. The number of nitro groups is 1. The Labute approximate surface area is 142 Å². The van der Waals surface area contributed by atoms with Gasteiger partial charge in [0, 0.05) is 31.4 Å². The summed E-state index contributed by atoms with van der Waals surface area (Å²) in [5.41, 5.74) is 4.19. The van der Waals surface area contributed by atoms with Crippen LogP contribution < -0.4 is 10.2 Å². The van der Waals surface area contributed by atoms with Crippen LogP contribution in [0.15, 0.2) is 42.5 Å². The predicted molar refractivity (Wildman–Crippen MR) is 97.7 cm³/mol. The maximum atomic E-state index is 11.4. The molecule has 1 fully saturated rings. The van der Waals surface area contributed by atoms with E-state index in [2.05, 4.69) is 29.3 Å². The molecule has 0 bridgehead atoms. The van der Waals surface area contributed by atoms with Gasteiger partial charge in [-0.05, 0) is 48.6 Å². The molecule has 24 heavy (non-hydrogen) atoms. The second-order valence-corrected chi connectivity index (χ2v) is 6.18. The number of nitrogens with zero attached hydrogens (tertiary/aromatic N) is 2. The lowest BCUT2D eigenvalue weighted by Crippen LogP contribution is -2.19. The summed E-state index contributed by atoms with van der Waals surface area (Å²) in [4.78, 5) is 13.3. The molecule has 0 saturated carbocycles. The number of nitrogens with one attached hydrogen (secondary N) is 1. The molecule has 2 aromatic carbocycles. The van der Waals surface area contributed by atoms with Crippen LogP contribution >= 0.6 is 0 Å². The first-order valence-electron chi connectivity index (χ1n) is 8.52. The minimum Gasteiger partial charge on any atom is -0.381 e. The largest absolute Gasteiger partial charge is 0.381 e. The molecule has 0 amide bonds. The number of benzene rings is 2. The van der Waals surface area contributed by atoms with Crippen LogP contribution in [-0.4, -0.2) is 18.0 Å². The third-order valence-electron chi connectivity index (χ3n) is 4.54. The van der Waals surface area contributed by atoms with Gasteiger partial charge in [-0.2, -0.15) is 0 Å². The average Bonchev–Trinajstić information content (AvgIpc) is 3.14. The van der Waals surface area contributed by atoms with Gasteiger partial charge >= 0.3 is 0 Å². The fourth-order valence-electron chi connectivity index (χ4n) is 3.11. The molecular weight excluding hydrogens is 302 g/mol. The molecule has 1 N–H and O–H groups in total. The Balaban J connectivity index is 1.73. The van der Waals surface area contributed by atoms with Crippen LogP contribution in [0.5, 0.6) is 0 Å². The van der Waals surface area contributed by atoms with E-state index in [9.17, 15) is 10.1 Å². The van der Waals surface area contributed by atoms with E-state index < -0.39 is 0 Å². The first-order chi connectivity index (χ1) is 11.7. The standard InChI is InChI=1S/C19H23N3O2/c1-2-15-5-8-17(9-6-15)20-14-16-7-10-18(19(13-16)22(23)24)21-11-3-4-12-21/h5-10,13,20H,2-4,11-12,14H2,1H3. The van der Waals surface area contributed by atoms with E-state index in [0.29, 0.717) is 6.54 Å². The predicted octanol–water partition coefficient (Wildman–Crippen LogP) is 4.37. The summed E-state index contributed by atoms with van der Waals surface area (Å²) in [6.07, 6.45) is 3.23. The van der Waals surface area contributed by atoms with Gasteiger partial charge in [0.05, 0.1) is 4.92 Å². The average molecular weight is 325 g/mol. The number of hydrogen-bond acceptors (Lipinski definition) is 4. The molecule has 0 aliphatic carbocycles. The van der Waals surface area contributed by atoms with E-state index in [1.807, 2.05) is 24.3 Å². The summed E-state index contributed by atoms with van der Waals surface area (Å²) >= 11 is 0. The maximum Gasteiger partial charge on any atom is 0.292 e. The molecule has 0 atom stereocenters. The Morgan fingerprint density at radius 1 is 1.08 bits per heavy atom. The summed E-state index contributed by atoms with van der Waals surface area (Å²) in [6, 6.07) is 13.9. The zero-order valence-corrected chi connectivity index (χ0v) is 14.0. The molecule has 0 unspecified atom stereocenters. The first kappa shape index (κ1) is 16.3. The summed E-state index contributed by atoms with van der Waals surface area (Å²) in [5.74, 6) is 0. The van der Waals surface area contributed by atoms with Gasteiger partial charge in [0.2, 0.25) is 0 Å². The maximum absolute atomic E-state index is 11.4. The molecule has 1 heterocycles. The van der Waals surface area contributed by atoms with Crippen LogP contribution in [0.25, 0.3) is 0 Å². The Kier molecular flexibility index (Phi) is 4.99. The molecule has 1 aliphatic rings. The molecule has 0 aromatic heterocycles. The number of anilines is 2. The lowest BCUT2D eigenvalue weighted by atomic mass is 10.1. The minimum atomic E-state index is -0.271. The Hall–Kier alpha value is -2.56. The fraction of sp³-hybridized carbons (Fsp3) is 0.368. The van der Waals surface area contributed by atoms with Crippen LogP contribution in [-0.2, 0) is 13.0 Å². The van der Waals surface area contributed by atoms with Crippen molar-refractivity contribution in [3.8, 4) is 0 Å². The van der Waals surface area contributed by atoms with Crippen molar-refractivity contribution in [1.29, 1.82) is 0 Å². The van der Waals surface area contributed by atoms with E-state index in [1.54, 1.807) is 6.07 Å². The van der Waals surface area contributed by atoms with Gasteiger partial charge in [0.1, 0.15) is 5.69 Å². The van der Waals surface area contributed by atoms with Gasteiger partial charge in [-0.1, -0.05) is 25.1 Å². The van der Waals surface area contributed by atoms with Gasteiger partial charge < -0.3 is 10.2 Å². The Bertz CT molecular complexity index is 707. The summed E-state index contributed by atoms with van der Waals surface area (Å²) < 4.78 is 0. The second-order valence-electron chi connectivity index (χ2n) is 6.18. The quantitative estimate of drug-likeness (QED) is 0.633. The van der Waals surface area contributed by atoms with Gasteiger partial charge in [0.15, 0.2) is 0 Å². The molecule has 5 heteroatoms. The summed E-state index contributed by atoms with van der Waals surface area (Å²) in [5, 5.41) is 14.8. The van der Waals surface area contributed by atoms with E-state index >= 15 is 0 Å². The smallest absolute Gasteiger partial charge is 0.292 e. The molecule has 0 spiro atoms. The van der Waals surface area contributed by atoms with Crippen LogP contribution in [0.4, 0.5) is 17.1 Å². The molecule has 1 saturated heterocycles. The molecule has 126 valence electrons. The molecule has 5 nitrogen and oxygen atoms in total. The van der Waals surface area contributed by atoms with E-state index in [1.165, 1.54) is 5.56 Å². The Morgan fingerprint density at radius 3 is 2.38 bits per heavy atom. The van der Waals surface area contributed by atoms with Crippen molar-refractivity contribution in [2.24, 2.45) is 0 Å². The third kappa shape index (κ3) is 3.67. The highest BCUT2D eigenvalue weighted by molar-refractivity contribution is 5.65. The van der Waals surface area contributed by atoms with Gasteiger partial charge in [0.25, 0.3) is 5.69 Å². The SMILES string of the molecule is CCc1ccc(NCc2ccc(N3CCCC3)c([N+](=O)[O-])c2)cc1. The normalized spacial score (nSPS) is 14.0. The van der Waals surface area contributed by atoms with Crippen molar-refractivity contribution in [2.75, 3.05) is 23.3 Å². The van der Waals surface area contributed by atoms with Crippen molar-refractivity contribution < 1.29 is 4.92 Å². The second kappa shape index (κ2) is 7.34. The lowest BCUT2D eigenvalue weighted by Gasteiger charge is -2.18. The van der Waals surface area contributed by atoms with Crippen LogP contribution in [0.1, 0.15) is 30.9 Å². The Morgan fingerprint density at radius 2 is 1.75 bits per heavy atom. The number of aryl methyl sites for hydroxylation is 1. The topological polar surface area (TPSA) is 58.4 Å². The highest BCUT2D eigenvalue weighted by atomic mass is 16.6. The van der Waals surface area contributed by atoms with E-state index in [-0.39, 0.29) is 10.6 Å². The molecule has 1 aliphatic heterocycles. The molecule has 3 rings (SSSR count). The lowest BCUT2D eigenvalue weighted by molar-refractivity contribution is -0.384. The summed E-state index contributed by atoms with van der Waals surface area (Å²) in [6.45, 7) is 4.51. The van der Waals surface area contributed by atoms with Crippen LogP contribution in [0, 0.1) is 10.1 Å². The van der Waals surface area contributed by atoms with Crippen molar-refractivity contribution in [3.63, 3.8) is 0 Å². The van der Waals surface area contributed by atoms with Crippen molar-refractivity contribution in [3.05, 3.63) is 63.7 Å². The minimum absolute atomic E-state index is 0.206. The zero-order valence-electron chi connectivity index (χ0n) is 14.0. The number of hydrogen-bond donors (Lipinski definition) is 1. The van der Waals surface area contributed by atoms with E-state index in [0.717, 1.165) is 49.3 Å². The van der Waals surface area contributed by atoms with Crippen LogP contribution in [0.3, 0.4) is 0 Å². The highest BCUT2D eigenvalue weighted by Gasteiger charge is 2.22. The van der Waals surface area contributed by atoms with Gasteiger partial charge in [-0.25, -0.2) is 0 Å². The summed E-state index contributed by atoms with van der Waals surface area (Å²) in [7, 11) is 0. The zero-order chi connectivity index (χ0) is 16.9. The van der Waals surface area contributed by atoms with Crippen molar-refractivity contribution in [1.82, 2.24) is 0 Å². The van der Waals surface area contributed by atoms with Crippen molar-refractivity contribution >= 4 is 17.1 Å². The number of nitro benzene ring substituents is 1. The number of rotatable bonds is 6. The fourth-order valence-corrected chi connectivity index (χ4v) is 3.11. The molecule has 2 aromatic rings. The monoisotopic (exact) mass is 325 g/mol. The van der Waals surface area contributed by atoms with E-state index in [4.69, 9.17) is 0 Å². The van der Waals surface area contributed by atoms with Gasteiger partial charge in [-0.15, -0.1) is 0 Å². The molecule has 0 radical (unpaired) electrons. The van der Waals surface area contributed by atoms with Crippen molar-refractivity contribution in [2.45, 2.75) is 32.7 Å². The third-order valence-corrected chi connectivity index (χ3v) is 4.54. The van der Waals surface area contributed by atoms with Gasteiger partial charge in [-0.3, -0.25) is 10.1 Å². The molecular formula is C19H23N3O2. The first-order valence-corrected chi connectivity index (χ1v) is 8.52.